The van der Waals surface area contributed by atoms with Gasteiger partial charge in [-0.05, 0) is 22.6 Å². The second-order valence-corrected chi connectivity index (χ2v) is 4.21. The predicted octanol–water partition coefficient (Wildman–Crippen LogP) is 3.31. The Labute approximate surface area is 117 Å². The average molecular weight is 397 g/mol. The number of methoxy groups -OCH3 is 1. The molecule has 1 aromatic heterocycles. The summed E-state index contributed by atoms with van der Waals surface area (Å²) in [7, 11) is 0.892. The van der Waals surface area contributed by atoms with Gasteiger partial charge in [0, 0.05) is 9.64 Å². The molecule has 1 heterocycles. The fourth-order valence-corrected chi connectivity index (χ4v) is 1.89. The molecule has 0 bridgehead atoms. The molecule has 0 amide bonds. The molecule has 1 rings (SSSR count). The molecule has 0 unspecified atom stereocenters. The van der Waals surface area contributed by atoms with Crippen LogP contribution in [0.4, 0.5) is 22.0 Å². The number of nitrogens with zero attached hydrogens (tertiary/aromatic N) is 1. The summed E-state index contributed by atoms with van der Waals surface area (Å²) in [6, 6.07) is 0.655. The second-order valence-electron chi connectivity index (χ2n) is 3.04. The van der Waals surface area contributed by atoms with Gasteiger partial charge >= 0.3 is 12.3 Å². The minimum atomic E-state index is -5.05. The SMILES string of the molecule is COC(=O)c1nc(OC(F)(F)F)cc(I)c1C(F)F. The quantitative estimate of drug-likeness (QED) is 0.446. The van der Waals surface area contributed by atoms with E-state index in [9.17, 15) is 26.7 Å². The molecule has 0 fully saturated rings. The summed E-state index contributed by atoms with van der Waals surface area (Å²) in [6.07, 6.45) is -8.14. The van der Waals surface area contributed by atoms with Gasteiger partial charge in [0.1, 0.15) is 0 Å². The summed E-state index contributed by atoms with van der Waals surface area (Å²) in [4.78, 5) is 14.4. The number of carbonyl (C=O) groups is 1. The topological polar surface area (TPSA) is 48.4 Å². The lowest BCUT2D eigenvalue weighted by Gasteiger charge is -2.13. The van der Waals surface area contributed by atoms with E-state index in [2.05, 4.69) is 14.5 Å². The smallest absolute Gasteiger partial charge is 0.464 e. The van der Waals surface area contributed by atoms with Crippen molar-refractivity contribution in [3.05, 3.63) is 20.9 Å². The number of aromatic nitrogens is 1. The number of ether oxygens (including phenoxy) is 2. The van der Waals surface area contributed by atoms with E-state index in [1.54, 1.807) is 0 Å². The Balaban J connectivity index is 3.35. The van der Waals surface area contributed by atoms with Crippen molar-refractivity contribution in [3.8, 4) is 5.88 Å². The Morgan fingerprint density at radius 1 is 1.42 bits per heavy atom. The van der Waals surface area contributed by atoms with Crippen molar-refractivity contribution < 1.29 is 36.2 Å². The van der Waals surface area contributed by atoms with Crippen molar-refractivity contribution in [1.82, 2.24) is 4.98 Å². The third kappa shape index (κ3) is 4.14. The first kappa shape index (κ1) is 15.9. The highest BCUT2D eigenvalue weighted by Crippen LogP contribution is 2.31. The van der Waals surface area contributed by atoms with Gasteiger partial charge in [-0.25, -0.2) is 18.6 Å². The molecule has 0 atom stereocenters. The molecule has 0 spiro atoms. The van der Waals surface area contributed by atoms with Gasteiger partial charge in [0.15, 0.2) is 5.69 Å². The van der Waals surface area contributed by atoms with E-state index in [4.69, 9.17) is 0 Å². The molecule has 0 aliphatic carbocycles. The number of alkyl halides is 5. The van der Waals surface area contributed by atoms with Crippen LogP contribution in [0, 0.1) is 3.57 Å². The van der Waals surface area contributed by atoms with E-state index < -0.39 is 35.9 Å². The fourth-order valence-electron chi connectivity index (χ4n) is 1.13. The number of halogens is 6. The molecule has 0 saturated carbocycles. The van der Waals surface area contributed by atoms with Crippen molar-refractivity contribution in [2.45, 2.75) is 12.8 Å². The van der Waals surface area contributed by atoms with Crippen molar-refractivity contribution in [2.75, 3.05) is 7.11 Å². The summed E-state index contributed by atoms with van der Waals surface area (Å²) in [6.45, 7) is 0. The molecule has 10 heteroatoms. The van der Waals surface area contributed by atoms with E-state index >= 15 is 0 Å². The third-order valence-corrected chi connectivity index (χ3v) is 2.69. The predicted molar refractivity (Wildman–Crippen MR) is 59.9 cm³/mol. The highest BCUT2D eigenvalue weighted by molar-refractivity contribution is 14.1. The molecule has 0 radical (unpaired) electrons. The van der Waals surface area contributed by atoms with Crippen LogP contribution in [0.1, 0.15) is 22.5 Å². The van der Waals surface area contributed by atoms with Gasteiger partial charge in [-0.15, -0.1) is 13.2 Å². The van der Waals surface area contributed by atoms with Gasteiger partial charge in [0.05, 0.1) is 12.7 Å². The van der Waals surface area contributed by atoms with Crippen LogP contribution in [0.5, 0.6) is 5.88 Å². The molecular weight excluding hydrogens is 392 g/mol. The average Bonchev–Trinajstić information content (AvgIpc) is 2.24. The van der Waals surface area contributed by atoms with Crippen molar-refractivity contribution in [3.63, 3.8) is 0 Å². The highest BCUT2D eigenvalue weighted by atomic mass is 127. The summed E-state index contributed by atoms with van der Waals surface area (Å²) in [5, 5.41) is 0. The maximum atomic E-state index is 12.7. The van der Waals surface area contributed by atoms with Gasteiger partial charge in [-0.1, -0.05) is 0 Å². The van der Waals surface area contributed by atoms with Gasteiger partial charge < -0.3 is 9.47 Å². The van der Waals surface area contributed by atoms with Crippen molar-refractivity contribution in [2.24, 2.45) is 0 Å². The molecule has 1 aromatic rings. The first-order valence-corrected chi connectivity index (χ1v) is 5.56. The maximum Gasteiger partial charge on any atom is 0.574 e. The molecule has 4 nitrogen and oxygen atoms in total. The first-order chi connectivity index (χ1) is 8.65. The first-order valence-electron chi connectivity index (χ1n) is 4.48. The number of hydrogen-bond donors (Lipinski definition) is 0. The minimum Gasteiger partial charge on any atom is -0.464 e. The maximum absolute atomic E-state index is 12.7. The Kier molecular flexibility index (Phi) is 4.87. The summed E-state index contributed by atoms with van der Waals surface area (Å²) in [5.41, 5.74) is -1.72. The molecule has 0 aromatic carbocycles. The number of esters is 1. The zero-order chi connectivity index (χ0) is 14.8. The van der Waals surface area contributed by atoms with E-state index in [-0.39, 0.29) is 3.57 Å². The normalized spacial score (nSPS) is 11.6. The van der Waals surface area contributed by atoms with Crippen LogP contribution in [0.25, 0.3) is 0 Å². The van der Waals surface area contributed by atoms with Crippen LogP contribution in [-0.4, -0.2) is 24.4 Å². The van der Waals surface area contributed by atoms with Crippen LogP contribution in [0.2, 0.25) is 0 Å². The lowest BCUT2D eigenvalue weighted by atomic mass is 10.2. The second kappa shape index (κ2) is 5.84. The van der Waals surface area contributed by atoms with E-state index in [1.807, 2.05) is 0 Å². The largest absolute Gasteiger partial charge is 0.574 e. The molecule has 106 valence electrons. The standard InChI is InChI=1S/C9H5F5INO3/c1-18-8(17)6-5(7(10)11)3(15)2-4(16-6)19-9(12,13)14/h2,7H,1H3. The molecule has 0 aliphatic rings. The summed E-state index contributed by atoms with van der Waals surface area (Å²) < 4.78 is 68.9. The fraction of sp³-hybridized carbons (Fsp3) is 0.333. The molecule has 0 saturated heterocycles. The molecular formula is C9H5F5INO3. The van der Waals surface area contributed by atoms with Crippen LogP contribution in [-0.2, 0) is 4.74 Å². The van der Waals surface area contributed by atoms with E-state index in [1.165, 1.54) is 22.6 Å². The molecule has 0 aliphatic heterocycles. The zero-order valence-corrected chi connectivity index (χ0v) is 11.3. The van der Waals surface area contributed by atoms with Crippen LogP contribution < -0.4 is 4.74 Å². The minimum absolute atomic E-state index is 0.290. The Morgan fingerprint density at radius 2 is 2.00 bits per heavy atom. The number of pyridine rings is 1. The lowest BCUT2D eigenvalue weighted by Crippen LogP contribution is -2.20. The Bertz CT molecular complexity index is 491. The number of rotatable bonds is 3. The lowest BCUT2D eigenvalue weighted by molar-refractivity contribution is -0.276. The van der Waals surface area contributed by atoms with Crippen molar-refractivity contribution in [1.29, 1.82) is 0 Å². The van der Waals surface area contributed by atoms with Gasteiger partial charge in [-0.2, -0.15) is 0 Å². The highest BCUT2D eigenvalue weighted by Gasteiger charge is 2.33. The number of carbonyl (C=O) groups excluding carboxylic acids is 1. The van der Waals surface area contributed by atoms with Gasteiger partial charge in [0.25, 0.3) is 6.43 Å². The van der Waals surface area contributed by atoms with Crippen molar-refractivity contribution >= 4 is 28.6 Å². The molecule has 0 N–H and O–H groups in total. The Hall–Kier alpha value is -1.20. The van der Waals surface area contributed by atoms with Crippen LogP contribution in [0.3, 0.4) is 0 Å². The summed E-state index contributed by atoms with van der Waals surface area (Å²) >= 11 is 1.35. The van der Waals surface area contributed by atoms with E-state index in [0.717, 1.165) is 7.11 Å². The van der Waals surface area contributed by atoms with E-state index in [0.29, 0.717) is 6.07 Å². The zero-order valence-electron chi connectivity index (χ0n) is 9.09. The molecule has 19 heavy (non-hydrogen) atoms. The Morgan fingerprint density at radius 3 is 2.42 bits per heavy atom. The summed E-state index contributed by atoms with van der Waals surface area (Å²) in [5.74, 6) is -2.29. The monoisotopic (exact) mass is 397 g/mol. The van der Waals surface area contributed by atoms with Crippen LogP contribution >= 0.6 is 22.6 Å². The number of hydrogen-bond acceptors (Lipinski definition) is 4. The van der Waals surface area contributed by atoms with Crippen LogP contribution in [0.15, 0.2) is 6.07 Å². The van der Waals surface area contributed by atoms with Gasteiger partial charge in [0.2, 0.25) is 5.88 Å². The van der Waals surface area contributed by atoms with Gasteiger partial charge in [-0.3, -0.25) is 0 Å². The third-order valence-electron chi connectivity index (χ3n) is 1.80.